The van der Waals surface area contributed by atoms with Gasteiger partial charge in [0.1, 0.15) is 5.82 Å². The van der Waals surface area contributed by atoms with Gasteiger partial charge in [0.15, 0.2) is 0 Å². The first-order valence-electron chi connectivity index (χ1n) is 4.42. The molecule has 0 aliphatic carbocycles. The van der Waals surface area contributed by atoms with Crippen molar-refractivity contribution in [1.29, 1.82) is 0 Å². The topological polar surface area (TPSA) is 20.2 Å². The van der Waals surface area contributed by atoms with Gasteiger partial charge in [-0.3, -0.25) is 0 Å². The maximum absolute atomic E-state index is 13.3. The van der Waals surface area contributed by atoms with Crippen LogP contribution in [0.3, 0.4) is 0 Å². The Morgan fingerprint density at radius 1 is 1.57 bits per heavy atom. The van der Waals surface area contributed by atoms with Crippen LogP contribution in [0.5, 0.6) is 0 Å². The van der Waals surface area contributed by atoms with Gasteiger partial charge < -0.3 is 5.11 Å². The monoisotopic (exact) mass is 258 g/mol. The molecule has 0 saturated carbocycles. The van der Waals surface area contributed by atoms with Crippen molar-refractivity contribution in [1.82, 2.24) is 0 Å². The van der Waals surface area contributed by atoms with Gasteiger partial charge >= 0.3 is 0 Å². The van der Waals surface area contributed by atoms with Crippen molar-refractivity contribution in [2.75, 3.05) is 6.61 Å². The van der Waals surface area contributed by atoms with Gasteiger partial charge in [0, 0.05) is 10.0 Å². The molecule has 3 heteroatoms. The highest BCUT2D eigenvalue weighted by Crippen LogP contribution is 2.18. The van der Waals surface area contributed by atoms with Crippen molar-refractivity contribution in [3.8, 4) is 0 Å². The molecule has 0 radical (unpaired) electrons. The average Bonchev–Trinajstić information content (AvgIpc) is 2.19. The van der Waals surface area contributed by atoms with Crippen LogP contribution >= 0.6 is 15.9 Å². The molecular weight excluding hydrogens is 247 g/mol. The lowest BCUT2D eigenvalue weighted by molar-refractivity contribution is 0.329. The zero-order valence-electron chi connectivity index (χ0n) is 7.93. The van der Waals surface area contributed by atoms with Crippen LogP contribution < -0.4 is 0 Å². The molecule has 14 heavy (non-hydrogen) atoms. The predicted octanol–water partition coefficient (Wildman–Crippen LogP) is 3.37. The van der Waals surface area contributed by atoms with Crippen LogP contribution in [-0.4, -0.2) is 11.7 Å². The van der Waals surface area contributed by atoms with Crippen molar-refractivity contribution in [2.45, 2.75) is 13.3 Å². The van der Waals surface area contributed by atoms with E-state index in [4.69, 9.17) is 5.11 Å². The lowest BCUT2D eigenvalue weighted by atomic mass is 10.1. The van der Waals surface area contributed by atoms with E-state index in [0.717, 1.165) is 16.5 Å². The van der Waals surface area contributed by atoms with Gasteiger partial charge in [0.2, 0.25) is 0 Å². The first-order chi connectivity index (χ1) is 6.67. The van der Waals surface area contributed by atoms with Gasteiger partial charge in [-0.1, -0.05) is 28.9 Å². The molecule has 1 rings (SSSR count). The maximum atomic E-state index is 13.3. The number of hydrogen-bond donors (Lipinski definition) is 1. The van der Waals surface area contributed by atoms with E-state index in [1.165, 1.54) is 6.07 Å². The fourth-order valence-electron chi connectivity index (χ4n) is 1.10. The average molecular weight is 259 g/mol. The Bertz CT molecular complexity index is 341. The molecule has 1 aromatic rings. The minimum Gasteiger partial charge on any atom is -0.392 e. The minimum absolute atomic E-state index is 0.0253. The second-order valence-corrected chi connectivity index (χ2v) is 3.90. The van der Waals surface area contributed by atoms with Gasteiger partial charge in [0.25, 0.3) is 0 Å². The number of benzene rings is 1. The molecule has 0 spiro atoms. The summed E-state index contributed by atoms with van der Waals surface area (Å²) < 4.78 is 14.1. The SMILES string of the molecule is CCC(=Cc1cc(Br)ccc1F)CO. The predicted molar refractivity (Wildman–Crippen MR) is 59.5 cm³/mol. The number of hydrogen-bond acceptors (Lipinski definition) is 1. The van der Waals surface area contributed by atoms with Gasteiger partial charge in [-0.05, 0) is 30.2 Å². The Morgan fingerprint density at radius 2 is 2.29 bits per heavy atom. The third kappa shape index (κ3) is 2.93. The van der Waals surface area contributed by atoms with Crippen molar-refractivity contribution in [3.05, 3.63) is 39.6 Å². The molecular formula is C11H12BrFO. The zero-order valence-corrected chi connectivity index (χ0v) is 9.51. The molecule has 76 valence electrons. The van der Waals surface area contributed by atoms with E-state index in [1.54, 1.807) is 18.2 Å². The van der Waals surface area contributed by atoms with E-state index in [-0.39, 0.29) is 12.4 Å². The highest BCUT2D eigenvalue weighted by atomic mass is 79.9. The van der Waals surface area contributed by atoms with E-state index >= 15 is 0 Å². The largest absolute Gasteiger partial charge is 0.392 e. The Kier molecular flexibility index (Phi) is 4.29. The van der Waals surface area contributed by atoms with Crippen molar-refractivity contribution >= 4 is 22.0 Å². The number of aliphatic hydroxyl groups is 1. The fourth-order valence-corrected chi connectivity index (χ4v) is 1.48. The number of aliphatic hydroxyl groups excluding tert-OH is 1. The van der Waals surface area contributed by atoms with Crippen molar-refractivity contribution < 1.29 is 9.50 Å². The van der Waals surface area contributed by atoms with E-state index in [1.807, 2.05) is 6.92 Å². The van der Waals surface area contributed by atoms with Crippen LogP contribution in [0, 0.1) is 5.82 Å². The van der Waals surface area contributed by atoms with Crippen LogP contribution in [0.15, 0.2) is 28.2 Å². The second-order valence-electron chi connectivity index (χ2n) is 2.98. The molecule has 1 nitrogen and oxygen atoms in total. The molecule has 0 atom stereocenters. The summed E-state index contributed by atoms with van der Waals surface area (Å²) in [5.41, 5.74) is 1.33. The van der Waals surface area contributed by atoms with Crippen LogP contribution in [0.1, 0.15) is 18.9 Å². The summed E-state index contributed by atoms with van der Waals surface area (Å²) in [6, 6.07) is 4.75. The maximum Gasteiger partial charge on any atom is 0.130 e. The first-order valence-corrected chi connectivity index (χ1v) is 5.22. The Hall–Kier alpha value is -0.670. The highest BCUT2D eigenvalue weighted by Gasteiger charge is 2.01. The van der Waals surface area contributed by atoms with Crippen molar-refractivity contribution in [3.63, 3.8) is 0 Å². The van der Waals surface area contributed by atoms with Crippen LogP contribution in [0.4, 0.5) is 4.39 Å². The summed E-state index contributed by atoms with van der Waals surface area (Å²) in [4.78, 5) is 0. The van der Waals surface area contributed by atoms with Gasteiger partial charge in [-0.2, -0.15) is 0 Å². The Labute approximate surface area is 91.4 Å². The first kappa shape index (κ1) is 11.4. The van der Waals surface area contributed by atoms with Gasteiger partial charge in [-0.25, -0.2) is 4.39 Å². The summed E-state index contributed by atoms with van der Waals surface area (Å²) in [6.45, 7) is 1.90. The second kappa shape index (κ2) is 5.27. The molecule has 1 N–H and O–H groups in total. The van der Waals surface area contributed by atoms with Gasteiger partial charge in [-0.15, -0.1) is 0 Å². The fraction of sp³-hybridized carbons (Fsp3) is 0.273. The Balaban J connectivity index is 3.06. The number of halogens is 2. The standard InChI is InChI=1S/C11H12BrFO/c1-2-8(7-14)5-9-6-10(12)3-4-11(9)13/h3-6,14H,2,7H2,1H3. The lowest BCUT2D eigenvalue weighted by Crippen LogP contribution is -1.90. The van der Waals surface area contributed by atoms with Gasteiger partial charge in [0.05, 0.1) is 6.61 Å². The van der Waals surface area contributed by atoms with Crippen molar-refractivity contribution in [2.24, 2.45) is 0 Å². The summed E-state index contributed by atoms with van der Waals surface area (Å²) in [5, 5.41) is 8.95. The van der Waals surface area contributed by atoms with E-state index in [9.17, 15) is 4.39 Å². The summed E-state index contributed by atoms with van der Waals surface area (Å²) in [5.74, 6) is -0.271. The smallest absolute Gasteiger partial charge is 0.130 e. The molecule has 0 aliphatic heterocycles. The Morgan fingerprint density at radius 3 is 2.86 bits per heavy atom. The minimum atomic E-state index is -0.271. The molecule has 0 aliphatic rings. The zero-order chi connectivity index (χ0) is 10.6. The molecule has 0 saturated heterocycles. The third-order valence-corrected chi connectivity index (χ3v) is 2.47. The van der Waals surface area contributed by atoms with Crippen LogP contribution in [-0.2, 0) is 0 Å². The molecule has 1 aromatic carbocycles. The number of rotatable bonds is 3. The lowest BCUT2D eigenvalue weighted by Gasteiger charge is -2.02. The summed E-state index contributed by atoms with van der Waals surface area (Å²) in [7, 11) is 0. The quantitative estimate of drug-likeness (QED) is 0.882. The van der Waals surface area contributed by atoms with E-state index in [2.05, 4.69) is 15.9 Å². The summed E-state index contributed by atoms with van der Waals surface area (Å²) in [6.07, 6.45) is 2.41. The van der Waals surface area contributed by atoms with E-state index in [0.29, 0.717) is 5.56 Å². The highest BCUT2D eigenvalue weighted by molar-refractivity contribution is 9.10. The molecule has 0 heterocycles. The molecule has 0 fully saturated rings. The van der Waals surface area contributed by atoms with Crippen LogP contribution in [0.25, 0.3) is 6.08 Å². The molecule has 0 bridgehead atoms. The van der Waals surface area contributed by atoms with E-state index < -0.39 is 0 Å². The molecule has 0 amide bonds. The normalized spacial score (nSPS) is 11.9. The third-order valence-electron chi connectivity index (χ3n) is 1.97. The molecule has 0 unspecified atom stereocenters. The summed E-state index contributed by atoms with van der Waals surface area (Å²) >= 11 is 3.27. The molecule has 0 aromatic heterocycles. The van der Waals surface area contributed by atoms with Crippen LogP contribution in [0.2, 0.25) is 0 Å².